The van der Waals surface area contributed by atoms with Gasteiger partial charge in [0.05, 0.1) is 6.61 Å². The van der Waals surface area contributed by atoms with Crippen LogP contribution < -0.4 is 0 Å². The first-order valence-electron chi connectivity index (χ1n) is 4.84. The molecular formula is C10H18O3Si. The van der Waals surface area contributed by atoms with E-state index in [0.29, 0.717) is 22.3 Å². The molecule has 0 aromatic carbocycles. The molecule has 80 valence electrons. The Morgan fingerprint density at radius 2 is 2.36 bits per heavy atom. The predicted octanol–water partition coefficient (Wildman–Crippen LogP) is 1.82. The van der Waals surface area contributed by atoms with Crippen LogP contribution in [0.15, 0.2) is 12.7 Å². The van der Waals surface area contributed by atoms with E-state index in [2.05, 4.69) is 13.5 Å². The van der Waals surface area contributed by atoms with Gasteiger partial charge in [0.15, 0.2) is 0 Å². The third-order valence-electron chi connectivity index (χ3n) is 1.66. The van der Waals surface area contributed by atoms with Crippen molar-refractivity contribution in [3.05, 3.63) is 12.7 Å². The van der Waals surface area contributed by atoms with Gasteiger partial charge in [-0.2, -0.15) is 0 Å². The van der Waals surface area contributed by atoms with Gasteiger partial charge >= 0.3 is 5.97 Å². The van der Waals surface area contributed by atoms with E-state index in [1.807, 2.05) is 6.92 Å². The number of hydrogen-bond acceptors (Lipinski definition) is 3. The van der Waals surface area contributed by atoms with Crippen LogP contribution in [0.1, 0.15) is 20.3 Å². The lowest BCUT2D eigenvalue weighted by atomic mass is 10.1. The Kier molecular flexibility index (Phi) is 8.57. The number of ether oxygens (including phenoxy) is 1. The molecule has 0 fully saturated rings. The summed E-state index contributed by atoms with van der Waals surface area (Å²) in [7, 11) is 0.564. The van der Waals surface area contributed by atoms with Crippen LogP contribution in [0.25, 0.3) is 0 Å². The maximum absolute atomic E-state index is 10.7. The van der Waals surface area contributed by atoms with Crippen LogP contribution >= 0.6 is 0 Å². The molecule has 0 aromatic rings. The van der Waals surface area contributed by atoms with Crippen LogP contribution in [-0.4, -0.2) is 28.9 Å². The first kappa shape index (κ1) is 13.4. The summed E-state index contributed by atoms with van der Waals surface area (Å²) in [6, 6.07) is 1.04. The monoisotopic (exact) mass is 214 g/mol. The van der Waals surface area contributed by atoms with E-state index in [9.17, 15) is 4.79 Å². The summed E-state index contributed by atoms with van der Waals surface area (Å²) in [5.41, 5.74) is 0. The standard InChI is InChI=1S/C10H18O3Si/c1-4-10(11)12-8-9(3)6-7-14-13-5-2/h4,9H,1,5-8H2,2-3H3. The highest BCUT2D eigenvalue weighted by Crippen LogP contribution is 2.06. The molecule has 0 spiro atoms. The van der Waals surface area contributed by atoms with Crippen LogP contribution in [0.5, 0.6) is 0 Å². The van der Waals surface area contributed by atoms with Crippen molar-refractivity contribution in [3.8, 4) is 0 Å². The largest absolute Gasteiger partial charge is 0.462 e. The van der Waals surface area contributed by atoms with E-state index in [1.165, 1.54) is 6.08 Å². The molecule has 0 aliphatic carbocycles. The Balaban J connectivity index is 3.31. The zero-order valence-corrected chi connectivity index (χ0v) is 9.91. The fourth-order valence-corrected chi connectivity index (χ4v) is 1.81. The lowest BCUT2D eigenvalue weighted by Gasteiger charge is -2.10. The van der Waals surface area contributed by atoms with Gasteiger partial charge in [0, 0.05) is 12.7 Å². The van der Waals surface area contributed by atoms with Gasteiger partial charge in [0.2, 0.25) is 9.76 Å². The normalized spacial score (nSPS) is 12.1. The molecule has 0 bridgehead atoms. The molecule has 0 amide bonds. The molecule has 4 heteroatoms. The second-order valence-electron chi connectivity index (χ2n) is 3.06. The van der Waals surface area contributed by atoms with Crippen LogP contribution in [0, 0.1) is 5.92 Å². The second kappa shape index (κ2) is 8.96. The fourth-order valence-electron chi connectivity index (χ4n) is 0.846. The van der Waals surface area contributed by atoms with Crippen LogP contribution in [-0.2, 0) is 14.0 Å². The Morgan fingerprint density at radius 3 is 2.93 bits per heavy atom. The summed E-state index contributed by atoms with van der Waals surface area (Å²) in [5.74, 6) is 0.0518. The summed E-state index contributed by atoms with van der Waals surface area (Å²) in [6.45, 7) is 8.63. The lowest BCUT2D eigenvalue weighted by Crippen LogP contribution is -2.11. The average molecular weight is 214 g/mol. The van der Waals surface area contributed by atoms with Crippen molar-refractivity contribution in [3.63, 3.8) is 0 Å². The van der Waals surface area contributed by atoms with Crippen LogP contribution in [0.4, 0.5) is 0 Å². The Morgan fingerprint density at radius 1 is 1.64 bits per heavy atom. The summed E-state index contributed by atoms with van der Waals surface area (Å²) in [4.78, 5) is 10.7. The topological polar surface area (TPSA) is 35.5 Å². The van der Waals surface area contributed by atoms with Gasteiger partial charge in [0.1, 0.15) is 0 Å². The molecule has 2 radical (unpaired) electrons. The highest BCUT2D eigenvalue weighted by Gasteiger charge is 2.05. The molecule has 0 aromatic heterocycles. The molecule has 0 rings (SSSR count). The number of carbonyl (C=O) groups is 1. The second-order valence-corrected chi connectivity index (χ2v) is 4.13. The van der Waals surface area contributed by atoms with Gasteiger partial charge in [-0.15, -0.1) is 0 Å². The molecule has 0 saturated heterocycles. The minimum Gasteiger partial charge on any atom is -0.462 e. The molecule has 0 heterocycles. The van der Waals surface area contributed by atoms with Gasteiger partial charge in [0.25, 0.3) is 0 Å². The molecule has 0 aliphatic heterocycles. The van der Waals surface area contributed by atoms with Crippen molar-refractivity contribution in [2.45, 2.75) is 26.3 Å². The third-order valence-corrected chi connectivity index (χ3v) is 2.65. The zero-order valence-electron chi connectivity index (χ0n) is 8.91. The van der Waals surface area contributed by atoms with Gasteiger partial charge in [-0.05, 0) is 25.3 Å². The van der Waals surface area contributed by atoms with Gasteiger partial charge in [-0.25, -0.2) is 4.79 Å². The Bertz CT molecular complexity index is 171. The van der Waals surface area contributed by atoms with E-state index in [1.54, 1.807) is 0 Å². The molecule has 3 nitrogen and oxygen atoms in total. The summed E-state index contributed by atoms with van der Waals surface area (Å²) in [5, 5.41) is 0. The summed E-state index contributed by atoms with van der Waals surface area (Å²) >= 11 is 0. The van der Waals surface area contributed by atoms with Gasteiger partial charge < -0.3 is 9.16 Å². The fraction of sp³-hybridized carbons (Fsp3) is 0.700. The van der Waals surface area contributed by atoms with Crippen LogP contribution in [0.2, 0.25) is 6.04 Å². The molecule has 14 heavy (non-hydrogen) atoms. The third kappa shape index (κ3) is 8.01. The summed E-state index contributed by atoms with van der Waals surface area (Å²) in [6.07, 6.45) is 2.22. The summed E-state index contributed by atoms with van der Waals surface area (Å²) < 4.78 is 10.1. The predicted molar refractivity (Wildman–Crippen MR) is 57.1 cm³/mol. The maximum Gasteiger partial charge on any atom is 0.330 e. The lowest BCUT2D eigenvalue weighted by molar-refractivity contribution is -0.138. The van der Waals surface area contributed by atoms with Gasteiger partial charge in [-0.3, -0.25) is 0 Å². The molecule has 1 atom stereocenters. The van der Waals surface area contributed by atoms with Crippen molar-refractivity contribution in [2.75, 3.05) is 13.2 Å². The number of rotatable bonds is 8. The number of hydrogen-bond donors (Lipinski definition) is 0. The van der Waals surface area contributed by atoms with Gasteiger partial charge in [-0.1, -0.05) is 13.5 Å². The Labute approximate surface area is 88.4 Å². The molecule has 0 N–H and O–H groups in total. The van der Waals surface area contributed by atoms with E-state index in [0.717, 1.165) is 19.1 Å². The smallest absolute Gasteiger partial charge is 0.330 e. The molecule has 0 saturated carbocycles. The van der Waals surface area contributed by atoms with E-state index >= 15 is 0 Å². The minimum atomic E-state index is -0.343. The highest BCUT2D eigenvalue weighted by atomic mass is 28.2. The first-order valence-corrected chi connectivity index (χ1v) is 5.96. The van der Waals surface area contributed by atoms with Crippen molar-refractivity contribution in [1.29, 1.82) is 0 Å². The van der Waals surface area contributed by atoms with E-state index < -0.39 is 0 Å². The van der Waals surface area contributed by atoms with Crippen molar-refractivity contribution in [2.24, 2.45) is 5.92 Å². The SMILES string of the molecule is C=CC(=O)OCC(C)CC[Si]OCC. The molecule has 1 unspecified atom stereocenters. The van der Waals surface area contributed by atoms with Crippen LogP contribution in [0.3, 0.4) is 0 Å². The minimum absolute atomic E-state index is 0.343. The maximum atomic E-state index is 10.7. The van der Waals surface area contributed by atoms with Crippen molar-refractivity contribution >= 4 is 15.7 Å². The average Bonchev–Trinajstić information content (AvgIpc) is 2.21. The number of esters is 1. The molecule has 0 aliphatic rings. The highest BCUT2D eigenvalue weighted by molar-refractivity contribution is 6.26. The molecular weight excluding hydrogens is 196 g/mol. The zero-order chi connectivity index (χ0) is 10.8. The van der Waals surface area contributed by atoms with E-state index in [-0.39, 0.29) is 5.97 Å². The number of carbonyl (C=O) groups excluding carboxylic acids is 1. The first-order chi connectivity index (χ1) is 6.70. The van der Waals surface area contributed by atoms with Crippen molar-refractivity contribution < 1.29 is 14.0 Å². The Hall–Kier alpha value is -0.613. The quantitative estimate of drug-likeness (QED) is 0.267. The van der Waals surface area contributed by atoms with Crippen molar-refractivity contribution in [1.82, 2.24) is 0 Å². The van der Waals surface area contributed by atoms with E-state index in [4.69, 9.17) is 9.16 Å².